The van der Waals surface area contributed by atoms with Gasteiger partial charge in [0.05, 0.1) is 17.1 Å². The lowest BCUT2D eigenvalue weighted by atomic mass is 10.2. The number of aliphatic carboxylic acids is 1. The van der Waals surface area contributed by atoms with E-state index in [4.69, 9.17) is 21.1 Å². The van der Waals surface area contributed by atoms with Crippen LogP contribution in [0.1, 0.15) is 5.69 Å². The van der Waals surface area contributed by atoms with Crippen molar-refractivity contribution in [2.75, 3.05) is 0 Å². The van der Waals surface area contributed by atoms with Gasteiger partial charge in [-0.25, -0.2) is 9.37 Å². The minimum Gasteiger partial charge on any atom is -0.481 e. The first-order valence-electron chi connectivity index (χ1n) is 4.68. The number of nitrogens with zero attached hydrogens (tertiary/aromatic N) is 1. The summed E-state index contributed by atoms with van der Waals surface area (Å²) in [6.07, 6.45) is 1.03. The van der Waals surface area contributed by atoms with Gasteiger partial charge in [0.25, 0.3) is 0 Å². The van der Waals surface area contributed by atoms with Crippen molar-refractivity contribution in [1.82, 2.24) is 4.98 Å². The van der Waals surface area contributed by atoms with Crippen molar-refractivity contribution in [2.24, 2.45) is 0 Å². The largest absolute Gasteiger partial charge is 0.481 e. The summed E-state index contributed by atoms with van der Waals surface area (Å²) in [4.78, 5) is 14.4. The number of halogens is 2. The van der Waals surface area contributed by atoms with E-state index in [1.807, 2.05) is 0 Å². The number of benzene rings is 1. The Kier molecular flexibility index (Phi) is 3.10. The van der Waals surface area contributed by atoms with Gasteiger partial charge in [0.2, 0.25) is 5.89 Å². The Labute approximate surface area is 101 Å². The van der Waals surface area contributed by atoms with E-state index in [0.29, 0.717) is 11.3 Å². The van der Waals surface area contributed by atoms with Crippen molar-refractivity contribution in [3.8, 4) is 11.5 Å². The summed E-state index contributed by atoms with van der Waals surface area (Å²) in [5.74, 6) is -1.32. The fourth-order valence-electron chi connectivity index (χ4n) is 1.30. The zero-order valence-corrected chi connectivity index (χ0v) is 9.24. The van der Waals surface area contributed by atoms with Crippen LogP contribution in [0.25, 0.3) is 11.5 Å². The molecule has 0 saturated heterocycles. The molecule has 0 aliphatic rings. The van der Waals surface area contributed by atoms with Crippen LogP contribution in [0.3, 0.4) is 0 Å². The van der Waals surface area contributed by atoms with Gasteiger partial charge >= 0.3 is 5.97 Å². The van der Waals surface area contributed by atoms with Crippen LogP contribution < -0.4 is 0 Å². The molecule has 0 radical (unpaired) electrons. The lowest BCUT2D eigenvalue weighted by Gasteiger charge is -1.97. The van der Waals surface area contributed by atoms with Gasteiger partial charge < -0.3 is 9.52 Å². The summed E-state index contributed by atoms with van der Waals surface area (Å²) in [7, 11) is 0. The van der Waals surface area contributed by atoms with E-state index in [0.717, 1.165) is 0 Å². The molecular weight excluding hydrogens is 249 g/mol. The molecule has 0 bridgehead atoms. The zero-order valence-electron chi connectivity index (χ0n) is 8.48. The predicted molar refractivity (Wildman–Crippen MR) is 58.2 cm³/mol. The van der Waals surface area contributed by atoms with Crippen LogP contribution in [0.2, 0.25) is 5.02 Å². The lowest BCUT2D eigenvalue weighted by molar-refractivity contribution is -0.136. The lowest BCUT2D eigenvalue weighted by Crippen LogP contribution is -1.99. The molecule has 1 aromatic carbocycles. The van der Waals surface area contributed by atoms with E-state index >= 15 is 0 Å². The molecule has 0 unspecified atom stereocenters. The normalized spacial score (nSPS) is 10.5. The Bertz CT molecular complexity index is 568. The molecule has 0 atom stereocenters. The zero-order chi connectivity index (χ0) is 12.4. The summed E-state index contributed by atoms with van der Waals surface area (Å²) < 4.78 is 18.0. The van der Waals surface area contributed by atoms with Crippen LogP contribution in [0.4, 0.5) is 4.39 Å². The Morgan fingerprint density at radius 2 is 2.29 bits per heavy atom. The van der Waals surface area contributed by atoms with Crippen LogP contribution in [0, 0.1) is 5.82 Å². The number of carboxylic acid groups (broad SMARTS) is 1. The quantitative estimate of drug-likeness (QED) is 0.916. The molecule has 0 spiro atoms. The molecule has 4 nitrogen and oxygen atoms in total. The smallest absolute Gasteiger partial charge is 0.309 e. The molecule has 2 rings (SSSR count). The van der Waals surface area contributed by atoms with Crippen LogP contribution in [-0.2, 0) is 11.2 Å². The molecule has 88 valence electrons. The second kappa shape index (κ2) is 4.55. The molecule has 2 aromatic rings. The topological polar surface area (TPSA) is 63.3 Å². The first-order valence-corrected chi connectivity index (χ1v) is 5.05. The average Bonchev–Trinajstić information content (AvgIpc) is 2.69. The maximum absolute atomic E-state index is 12.9. The molecule has 0 aliphatic carbocycles. The Morgan fingerprint density at radius 3 is 2.94 bits per heavy atom. The number of carboxylic acids is 1. The summed E-state index contributed by atoms with van der Waals surface area (Å²) in [5, 5.41) is 8.53. The molecule has 1 N–H and O–H groups in total. The fraction of sp³-hybridized carbons (Fsp3) is 0.0909. The third-order valence-electron chi connectivity index (χ3n) is 2.05. The van der Waals surface area contributed by atoms with Crippen molar-refractivity contribution in [2.45, 2.75) is 6.42 Å². The summed E-state index contributed by atoms with van der Waals surface area (Å²) in [6, 6.07) is 4.02. The third kappa shape index (κ3) is 2.62. The molecular formula is C11H7ClFNO3. The number of rotatable bonds is 3. The van der Waals surface area contributed by atoms with Crippen molar-refractivity contribution in [3.63, 3.8) is 0 Å². The summed E-state index contributed by atoms with van der Waals surface area (Å²) in [5.41, 5.74) is 0.793. The number of hydrogen-bond acceptors (Lipinski definition) is 3. The highest BCUT2D eigenvalue weighted by Crippen LogP contribution is 2.24. The van der Waals surface area contributed by atoms with E-state index in [-0.39, 0.29) is 17.3 Å². The fourth-order valence-corrected chi connectivity index (χ4v) is 1.49. The van der Waals surface area contributed by atoms with Gasteiger partial charge in [-0.1, -0.05) is 11.6 Å². The van der Waals surface area contributed by atoms with Crippen molar-refractivity contribution >= 4 is 17.6 Å². The average molecular weight is 256 g/mol. The maximum atomic E-state index is 12.9. The number of aromatic nitrogens is 1. The van der Waals surface area contributed by atoms with Crippen LogP contribution in [-0.4, -0.2) is 16.1 Å². The first-order chi connectivity index (χ1) is 8.06. The van der Waals surface area contributed by atoms with E-state index < -0.39 is 11.8 Å². The van der Waals surface area contributed by atoms with Crippen LogP contribution in [0.15, 0.2) is 28.9 Å². The second-order valence-corrected chi connectivity index (χ2v) is 3.75. The SMILES string of the molecule is O=C(O)Cc1coc(-c2ccc(F)c(Cl)c2)n1. The third-order valence-corrected chi connectivity index (χ3v) is 2.34. The molecule has 1 heterocycles. The summed E-state index contributed by atoms with van der Waals surface area (Å²) >= 11 is 5.62. The van der Waals surface area contributed by atoms with E-state index in [9.17, 15) is 9.18 Å². The molecule has 0 amide bonds. The highest BCUT2D eigenvalue weighted by atomic mass is 35.5. The van der Waals surface area contributed by atoms with Crippen molar-refractivity contribution in [3.05, 3.63) is 41.0 Å². The Morgan fingerprint density at radius 1 is 1.53 bits per heavy atom. The van der Waals surface area contributed by atoms with E-state index in [1.54, 1.807) is 0 Å². The van der Waals surface area contributed by atoms with E-state index in [1.165, 1.54) is 24.5 Å². The van der Waals surface area contributed by atoms with E-state index in [2.05, 4.69) is 4.98 Å². The number of hydrogen-bond donors (Lipinski definition) is 1. The maximum Gasteiger partial charge on any atom is 0.309 e. The van der Waals surface area contributed by atoms with Gasteiger partial charge in [0.1, 0.15) is 12.1 Å². The minimum absolute atomic E-state index is 0.0412. The molecule has 17 heavy (non-hydrogen) atoms. The molecule has 0 fully saturated rings. The monoisotopic (exact) mass is 255 g/mol. The first kappa shape index (κ1) is 11.6. The highest BCUT2D eigenvalue weighted by molar-refractivity contribution is 6.31. The standard InChI is InChI=1S/C11H7ClFNO3/c12-8-3-6(1-2-9(8)13)11-14-7(5-17-11)4-10(15)16/h1-3,5H,4H2,(H,15,16). The Hall–Kier alpha value is -1.88. The molecule has 1 aromatic heterocycles. The van der Waals surface area contributed by atoms with Gasteiger partial charge in [0, 0.05) is 5.56 Å². The summed E-state index contributed by atoms with van der Waals surface area (Å²) in [6.45, 7) is 0. The highest BCUT2D eigenvalue weighted by Gasteiger charge is 2.11. The van der Waals surface area contributed by atoms with Gasteiger partial charge in [-0.3, -0.25) is 4.79 Å². The van der Waals surface area contributed by atoms with Gasteiger partial charge in [-0.2, -0.15) is 0 Å². The Balaban J connectivity index is 2.30. The predicted octanol–water partition coefficient (Wildman–Crippen LogP) is 2.76. The van der Waals surface area contributed by atoms with Gasteiger partial charge in [-0.05, 0) is 18.2 Å². The molecule has 6 heteroatoms. The number of carbonyl (C=O) groups is 1. The van der Waals surface area contributed by atoms with Crippen molar-refractivity contribution < 1.29 is 18.7 Å². The van der Waals surface area contributed by atoms with Gasteiger partial charge in [0.15, 0.2) is 0 Å². The van der Waals surface area contributed by atoms with Crippen LogP contribution >= 0.6 is 11.6 Å². The molecule has 0 saturated carbocycles. The number of oxazole rings is 1. The van der Waals surface area contributed by atoms with Crippen molar-refractivity contribution in [1.29, 1.82) is 0 Å². The van der Waals surface area contributed by atoms with Gasteiger partial charge in [-0.15, -0.1) is 0 Å². The van der Waals surface area contributed by atoms with Crippen LogP contribution in [0.5, 0.6) is 0 Å². The molecule has 0 aliphatic heterocycles. The second-order valence-electron chi connectivity index (χ2n) is 3.34. The minimum atomic E-state index is -0.998.